The molecule has 1 aromatic heterocycles. The Kier molecular flexibility index (Phi) is 6.55. The highest BCUT2D eigenvalue weighted by Gasteiger charge is 2.09. The van der Waals surface area contributed by atoms with Gasteiger partial charge in [0.05, 0.1) is 6.61 Å². The highest BCUT2D eigenvalue weighted by molar-refractivity contribution is 7.99. The van der Waals surface area contributed by atoms with E-state index in [4.69, 9.17) is 4.74 Å². The fourth-order valence-electron chi connectivity index (χ4n) is 2.62. The third kappa shape index (κ3) is 5.02. The SMILES string of the molecule is Cc1ccccc1OCCCSc1n[nH]c(=O)n1CCc1ccccc1. The topological polar surface area (TPSA) is 59.9 Å². The summed E-state index contributed by atoms with van der Waals surface area (Å²) in [7, 11) is 0. The van der Waals surface area contributed by atoms with Gasteiger partial charge in [-0.1, -0.05) is 60.3 Å². The Morgan fingerprint density at radius 1 is 1.12 bits per heavy atom. The Morgan fingerprint density at radius 3 is 2.69 bits per heavy atom. The summed E-state index contributed by atoms with van der Waals surface area (Å²) >= 11 is 1.58. The minimum atomic E-state index is -0.153. The molecule has 26 heavy (non-hydrogen) atoms. The van der Waals surface area contributed by atoms with Crippen molar-refractivity contribution in [2.45, 2.75) is 31.5 Å². The van der Waals surface area contributed by atoms with Gasteiger partial charge < -0.3 is 4.74 Å². The van der Waals surface area contributed by atoms with E-state index in [9.17, 15) is 4.79 Å². The number of nitrogens with zero attached hydrogens (tertiary/aromatic N) is 2. The van der Waals surface area contributed by atoms with E-state index in [1.165, 1.54) is 5.56 Å². The molecule has 0 bridgehead atoms. The van der Waals surface area contributed by atoms with E-state index >= 15 is 0 Å². The van der Waals surface area contributed by atoms with Gasteiger partial charge in [-0.15, -0.1) is 5.10 Å². The van der Waals surface area contributed by atoms with Crippen molar-refractivity contribution >= 4 is 11.8 Å². The fourth-order valence-corrected chi connectivity index (χ4v) is 3.50. The third-order valence-corrected chi connectivity index (χ3v) is 5.12. The molecule has 0 aliphatic heterocycles. The van der Waals surface area contributed by atoms with Gasteiger partial charge in [0.2, 0.25) is 0 Å². The van der Waals surface area contributed by atoms with E-state index in [-0.39, 0.29) is 5.69 Å². The molecule has 0 amide bonds. The van der Waals surface area contributed by atoms with Crippen LogP contribution in [0.1, 0.15) is 17.5 Å². The maximum Gasteiger partial charge on any atom is 0.343 e. The lowest BCUT2D eigenvalue weighted by atomic mass is 10.1. The molecule has 3 aromatic rings. The molecule has 0 saturated heterocycles. The molecule has 1 N–H and O–H groups in total. The average Bonchev–Trinajstić information content (AvgIpc) is 3.02. The van der Waals surface area contributed by atoms with Crippen LogP contribution < -0.4 is 10.4 Å². The van der Waals surface area contributed by atoms with Crippen LogP contribution in [0.25, 0.3) is 0 Å². The van der Waals surface area contributed by atoms with Crippen LogP contribution in [-0.4, -0.2) is 27.1 Å². The molecule has 0 radical (unpaired) electrons. The molecular weight excluding hydrogens is 346 g/mol. The largest absolute Gasteiger partial charge is 0.493 e. The summed E-state index contributed by atoms with van der Waals surface area (Å²) in [5, 5.41) is 7.44. The second-order valence-electron chi connectivity index (χ2n) is 6.01. The highest BCUT2D eigenvalue weighted by atomic mass is 32.2. The first-order chi connectivity index (χ1) is 12.7. The molecule has 1 heterocycles. The Hall–Kier alpha value is -2.47. The first-order valence-corrected chi connectivity index (χ1v) is 9.73. The summed E-state index contributed by atoms with van der Waals surface area (Å²) in [6.45, 7) is 3.32. The van der Waals surface area contributed by atoms with Crippen LogP contribution in [0.15, 0.2) is 64.5 Å². The lowest BCUT2D eigenvalue weighted by Gasteiger charge is -2.09. The minimum Gasteiger partial charge on any atom is -0.493 e. The fraction of sp³-hybridized carbons (Fsp3) is 0.300. The second kappa shape index (κ2) is 9.29. The third-order valence-electron chi connectivity index (χ3n) is 4.06. The zero-order chi connectivity index (χ0) is 18.2. The van der Waals surface area contributed by atoms with Gasteiger partial charge >= 0.3 is 5.69 Å². The molecule has 0 fully saturated rings. The van der Waals surface area contributed by atoms with Crippen molar-refractivity contribution in [2.75, 3.05) is 12.4 Å². The van der Waals surface area contributed by atoms with Crippen molar-refractivity contribution in [1.29, 1.82) is 0 Å². The molecule has 0 aliphatic carbocycles. The number of ether oxygens (including phenoxy) is 1. The van der Waals surface area contributed by atoms with E-state index in [1.54, 1.807) is 16.3 Å². The predicted molar refractivity (Wildman–Crippen MR) is 105 cm³/mol. The van der Waals surface area contributed by atoms with E-state index in [2.05, 4.69) is 22.3 Å². The monoisotopic (exact) mass is 369 g/mol. The molecule has 0 aliphatic rings. The van der Waals surface area contributed by atoms with E-state index in [0.717, 1.165) is 35.1 Å². The Balaban J connectivity index is 1.46. The maximum absolute atomic E-state index is 12.0. The molecule has 0 saturated carbocycles. The summed E-state index contributed by atoms with van der Waals surface area (Å²) in [6.07, 6.45) is 1.70. The Morgan fingerprint density at radius 2 is 1.88 bits per heavy atom. The number of H-pyrrole nitrogens is 1. The summed E-state index contributed by atoms with van der Waals surface area (Å²) in [4.78, 5) is 12.0. The van der Waals surface area contributed by atoms with Crippen LogP contribution in [0, 0.1) is 6.92 Å². The number of hydrogen-bond donors (Lipinski definition) is 1. The molecule has 2 aromatic carbocycles. The number of hydrogen-bond acceptors (Lipinski definition) is 4. The average molecular weight is 369 g/mol. The normalized spacial score (nSPS) is 10.8. The number of aromatic amines is 1. The number of benzene rings is 2. The Labute approximate surface area is 157 Å². The first-order valence-electron chi connectivity index (χ1n) is 8.74. The zero-order valence-corrected chi connectivity index (χ0v) is 15.7. The van der Waals surface area contributed by atoms with Gasteiger partial charge in [-0.05, 0) is 37.0 Å². The van der Waals surface area contributed by atoms with Crippen LogP contribution >= 0.6 is 11.8 Å². The van der Waals surface area contributed by atoms with Crippen LogP contribution in [0.5, 0.6) is 5.75 Å². The van der Waals surface area contributed by atoms with Crippen molar-refractivity contribution in [3.05, 3.63) is 76.2 Å². The Bertz CT molecular complexity index is 874. The molecule has 0 unspecified atom stereocenters. The molecule has 6 heteroatoms. The first kappa shape index (κ1) is 18.3. The lowest BCUT2D eigenvalue weighted by Crippen LogP contribution is -2.19. The summed E-state index contributed by atoms with van der Waals surface area (Å²) < 4.78 is 7.51. The van der Waals surface area contributed by atoms with Crippen LogP contribution in [0.3, 0.4) is 0 Å². The second-order valence-corrected chi connectivity index (χ2v) is 7.08. The van der Waals surface area contributed by atoms with Crippen LogP contribution in [0.2, 0.25) is 0 Å². The summed E-state index contributed by atoms with van der Waals surface area (Å²) in [5.41, 5.74) is 2.20. The number of aryl methyl sites for hydroxylation is 2. The molecule has 3 rings (SSSR count). The quantitative estimate of drug-likeness (QED) is 0.462. The van der Waals surface area contributed by atoms with Gasteiger partial charge in [-0.25, -0.2) is 9.89 Å². The molecule has 0 spiro atoms. The molecule has 0 atom stereocenters. The van der Waals surface area contributed by atoms with E-state index in [0.29, 0.717) is 13.2 Å². The molecular formula is C20H23N3O2S. The number of aromatic nitrogens is 3. The van der Waals surface area contributed by atoms with Crippen LogP contribution in [0.4, 0.5) is 0 Å². The number of para-hydroxylation sites is 1. The molecule has 5 nitrogen and oxygen atoms in total. The highest BCUT2D eigenvalue weighted by Crippen LogP contribution is 2.18. The van der Waals surface area contributed by atoms with Crippen molar-refractivity contribution in [3.63, 3.8) is 0 Å². The van der Waals surface area contributed by atoms with Crippen LogP contribution in [-0.2, 0) is 13.0 Å². The number of nitrogens with one attached hydrogen (secondary N) is 1. The van der Waals surface area contributed by atoms with Crippen molar-refractivity contribution in [3.8, 4) is 5.75 Å². The van der Waals surface area contributed by atoms with Gasteiger partial charge in [-0.3, -0.25) is 4.57 Å². The standard InChI is InChI=1S/C20H23N3O2S/c1-16-8-5-6-11-18(16)25-14-7-15-26-20-22-21-19(24)23(20)13-12-17-9-3-2-4-10-17/h2-6,8-11H,7,12-15H2,1H3,(H,21,24). The van der Waals surface area contributed by atoms with Gasteiger partial charge in [0.1, 0.15) is 5.75 Å². The number of rotatable bonds is 9. The van der Waals surface area contributed by atoms with Gasteiger partial charge in [0.15, 0.2) is 5.16 Å². The van der Waals surface area contributed by atoms with Crippen molar-refractivity contribution in [1.82, 2.24) is 14.8 Å². The van der Waals surface area contributed by atoms with Gasteiger partial charge in [0.25, 0.3) is 0 Å². The van der Waals surface area contributed by atoms with E-state index < -0.39 is 0 Å². The van der Waals surface area contributed by atoms with E-state index in [1.807, 2.05) is 49.4 Å². The smallest absolute Gasteiger partial charge is 0.343 e. The van der Waals surface area contributed by atoms with Gasteiger partial charge in [0, 0.05) is 12.3 Å². The van der Waals surface area contributed by atoms with Crippen molar-refractivity contribution in [2.24, 2.45) is 0 Å². The summed E-state index contributed by atoms with van der Waals surface area (Å²) in [6, 6.07) is 18.2. The number of thioether (sulfide) groups is 1. The summed E-state index contributed by atoms with van der Waals surface area (Å²) in [5.74, 6) is 1.78. The zero-order valence-electron chi connectivity index (χ0n) is 14.9. The lowest BCUT2D eigenvalue weighted by molar-refractivity contribution is 0.316. The van der Waals surface area contributed by atoms with Crippen molar-refractivity contribution < 1.29 is 4.74 Å². The molecule has 136 valence electrons. The maximum atomic E-state index is 12.0. The predicted octanol–water partition coefficient (Wildman–Crippen LogP) is 3.68. The minimum absolute atomic E-state index is 0.153. The van der Waals surface area contributed by atoms with Gasteiger partial charge in [-0.2, -0.15) is 0 Å².